The van der Waals surface area contributed by atoms with Crippen LogP contribution in [-0.2, 0) is 21.2 Å². The Balaban J connectivity index is 1.81. The lowest BCUT2D eigenvalue weighted by atomic mass is 9.87. The largest absolute Gasteiger partial charge is 0.489 e. The second-order valence-electron chi connectivity index (χ2n) is 8.19. The maximum atomic E-state index is 14.9. The summed E-state index contributed by atoms with van der Waals surface area (Å²) < 4.78 is 101. The van der Waals surface area contributed by atoms with Gasteiger partial charge in [-0.05, 0) is 23.6 Å². The van der Waals surface area contributed by atoms with E-state index in [-0.39, 0.29) is 25.2 Å². The highest BCUT2D eigenvalue weighted by molar-refractivity contribution is 7.89. The summed E-state index contributed by atoms with van der Waals surface area (Å²) in [5.41, 5.74) is 1.32. The van der Waals surface area contributed by atoms with Gasteiger partial charge in [0.2, 0.25) is 5.91 Å². The van der Waals surface area contributed by atoms with E-state index in [9.17, 15) is 35.2 Å². The van der Waals surface area contributed by atoms with Gasteiger partial charge in [0.15, 0.2) is 11.6 Å². The number of fused-ring (bicyclic) bond motifs is 5. The van der Waals surface area contributed by atoms with Crippen molar-refractivity contribution in [1.29, 1.82) is 0 Å². The summed E-state index contributed by atoms with van der Waals surface area (Å²) in [4.78, 5) is 14.0. The number of rotatable bonds is 3. The predicted molar refractivity (Wildman–Crippen MR) is 113 cm³/mol. The van der Waals surface area contributed by atoms with Crippen LogP contribution >= 0.6 is 0 Å². The fourth-order valence-corrected chi connectivity index (χ4v) is 5.14. The highest BCUT2D eigenvalue weighted by atomic mass is 32.2. The molecular weight excluding hydrogens is 483 g/mol. The Morgan fingerprint density at radius 1 is 1.15 bits per heavy atom. The first-order valence-electron chi connectivity index (χ1n) is 10.5. The molecule has 34 heavy (non-hydrogen) atoms. The smallest absolute Gasteiger partial charge is 0.350 e. The fraction of sp³-hybridized carbons (Fsp3) is 0.409. The molecule has 1 N–H and O–H groups in total. The molecule has 1 amide bonds. The summed E-state index contributed by atoms with van der Waals surface area (Å²) in [6, 6.07) is 6.99. The van der Waals surface area contributed by atoms with E-state index in [0.717, 1.165) is 4.90 Å². The molecule has 2 heterocycles. The zero-order valence-electron chi connectivity index (χ0n) is 17.7. The number of ether oxygens (including phenoxy) is 1. The number of amides is 1. The Hall–Kier alpha value is -2.73. The number of hydrogen-bond acceptors (Lipinski definition) is 4. The third kappa shape index (κ3) is 4.74. The van der Waals surface area contributed by atoms with Crippen molar-refractivity contribution in [2.75, 3.05) is 13.2 Å². The van der Waals surface area contributed by atoms with Crippen molar-refractivity contribution in [3.8, 4) is 16.9 Å². The van der Waals surface area contributed by atoms with Crippen LogP contribution in [0.1, 0.15) is 18.4 Å². The number of halogens is 5. The van der Waals surface area contributed by atoms with Crippen molar-refractivity contribution in [2.24, 2.45) is 0 Å². The quantitative estimate of drug-likeness (QED) is 0.649. The van der Waals surface area contributed by atoms with E-state index in [1.54, 1.807) is 30.3 Å². The number of sulfonamides is 1. The summed E-state index contributed by atoms with van der Waals surface area (Å²) in [5, 5.41) is 0. The number of hydrogen-bond donors (Lipinski definition) is 1. The van der Waals surface area contributed by atoms with Gasteiger partial charge in [0, 0.05) is 18.5 Å². The molecule has 0 spiro atoms. The van der Waals surface area contributed by atoms with Crippen LogP contribution in [0.4, 0.5) is 22.0 Å². The lowest BCUT2D eigenvalue weighted by Crippen LogP contribution is -2.66. The van der Waals surface area contributed by atoms with E-state index in [1.165, 1.54) is 16.9 Å². The van der Waals surface area contributed by atoms with Crippen LogP contribution in [0.5, 0.6) is 5.75 Å². The van der Waals surface area contributed by atoms with E-state index in [0.29, 0.717) is 16.7 Å². The molecule has 2 aliphatic rings. The first-order chi connectivity index (χ1) is 16.0. The van der Waals surface area contributed by atoms with Gasteiger partial charge >= 0.3 is 5.76 Å². The van der Waals surface area contributed by atoms with Gasteiger partial charge < -0.3 is 9.64 Å². The van der Waals surface area contributed by atoms with Crippen LogP contribution in [0, 0.1) is 5.82 Å². The molecule has 4 rings (SSSR count). The van der Waals surface area contributed by atoms with Crippen LogP contribution in [0.25, 0.3) is 11.1 Å². The normalized spacial score (nSPS) is 22.8. The standard InChI is InChI=1S/C22H21F5N2O4S/c23-16-6-2-5-15-14-4-1-3-13(11-14)12-17-20(28-34(31,32)21(24)25)22(26,27)8-9-29(17)18(30)7-10-33-19(15)16/h1-6,11,17,20-21,28H,7-10,12H2. The molecule has 2 aromatic rings. The van der Waals surface area contributed by atoms with E-state index in [2.05, 4.69) is 0 Å². The number of nitrogens with one attached hydrogen (secondary N) is 1. The maximum absolute atomic E-state index is 14.9. The molecule has 0 saturated carbocycles. The number of nitrogens with zero attached hydrogens (tertiary/aromatic N) is 1. The number of piperidine rings is 1. The fourth-order valence-electron chi connectivity index (χ4n) is 4.36. The molecule has 2 aromatic carbocycles. The molecule has 2 aliphatic heterocycles. The van der Waals surface area contributed by atoms with Gasteiger partial charge in [-0.2, -0.15) is 13.5 Å². The van der Waals surface area contributed by atoms with Crippen molar-refractivity contribution in [1.82, 2.24) is 9.62 Å². The van der Waals surface area contributed by atoms with E-state index < -0.39 is 58.5 Å². The maximum Gasteiger partial charge on any atom is 0.350 e. The molecule has 0 radical (unpaired) electrons. The number of carbonyl (C=O) groups is 1. The summed E-state index contributed by atoms with van der Waals surface area (Å²) in [5.74, 6) is -8.92. The molecule has 2 bridgehead atoms. The first-order valence-corrected chi connectivity index (χ1v) is 12.0. The van der Waals surface area contributed by atoms with Crippen molar-refractivity contribution < 1.29 is 39.9 Å². The molecule has 2 atom stereocenters. The highest BCUT2D eigenvalue weighted by Gasteiger charge is 2.53. The van der Waals surface area contributed by atoms with E-state index in [1.807, 2.05) is 0 Å². The average Bonchev–Trinajstić information content (AvgIpc) is 2.76. The molecule has 1 saturated heterocycles. The minimum Gasteiger partial charge on any atom is -0.489 e. The van der Waals surface area contributed by atoms with Gasteiger partial charge in [-0.3, -0.25) is 4.79 Å². The van der Waals surface area contributed by atoms with Crippen LogP contribution in [0.2, 0.25) is 0 Å². The number of alkyl halides is 4. The summed E-state index contributed by atoms with van der Waals surface area (Å²) in [7, 11) is -5.37. The Morgan fingerprint density at radius 3 is 2.62 bits per heavy atom. The Bertz CT molecular complexity index is 1190. The van der Waals surface area contributed by atoms with Crippen LogP contribution in [0.3, 0.4) is 0 Å². The molecule has 184 valence electrons. The summed E-state index contributed by atoms with van der Waals surface area (Å²) in [6.07, 6.45) is -1.46. The lowest BCUT2D eigenvalue weighted by Gasteiger charge is -2.45. The van der Waals surface area contributed by atoms with Crippen LogP contribution in [0.15, 0.2) is 42.5 Å². The minimum absolute atomic E-state index is 0.0580. The number of carbonyl (C=O) groups excluding carboxylic acids is 1. The molecule has 0 aromatic heterocycles. The highest BCUT2D eigenvalue weighted by Crippen LogP contribution is 2.37. The Kier molecular flexibility index (Phi) is 6.56. The van der Waals surface area contributed by atoms with Gasteiger partial charge in [0.1, 0.15) is 6.04 Å². The van der Waals surface area contributed by atoms with Crippen molar-refractivity contribution >= 4 is 15.9 Å². The van der Waals surface area contributed by atoms with Crippen molar-refractivity contribution in [3.63, 3.8) is 0 Å². The number of para-hydroxylation sites is 1. The zero-order chi connectivity index (χ0) is 24.7. The first kappa shape index (κ1) is 24.4. The van der Waals surface area contributed by atoms with Gasteiger partial charge in [-0.1, -0.05) is 36.4 Å². The summed E-state index contributed by atoms with van der Waals surface area (Å²) >= 11 is 0. The lowest BCUT2D eigenvalue weighted by molar-refractivity contribution is -0.148. The third-order valence-electron chi connectivity index (χ3n) is 5.98. The average molecular weight is 504 g/mol. The molecule has 0 aliphatic carbocycles. The minimum atomic E-state index is -5.37. The predicted octanol–water partition coefficient (Wildman–Crippen LogP) is 3.56. The summed E-state index contributed by atoms with van der Waals surface area (Å²) in [6.45, 7) is -0.673. The monoisotopic (exact) mass is 504 g/mol. The van der Waals surface area contributed by atoms with Gasteiger partial charge in [0.05, 0.1) is 19.1 Å². The topological polar surface area (TPSA) is 75.7 Å². The van der Waals surface area contributed by atoms with Crippen LogP contribution in [-0.4, -0.2) is 56.1 Å². The van der Waals surface area contributed by atoms with E-state index >= 15 is 0 Å². The number of benzene rings is 2. The molecule has 2 unspecified atom stereocenters. The second kappa shape index (κ2) is 9.14. The van der Waals surface area contributed by atoms with Crippen molar-refractivity contribution in [3.05, 3.63) is 53.8 Å². The van der Waals surface area contributed by atoms with Crippen molar-refractivity contribution in [2.45, 2.75) is 43.0 Å². The van der Waals surface area contributed by atoms with Gasteiger partial charge in [-0.15, -0.1) is 0 Å². The molecule has 12 heteroatoms. The zero-order valence-corrected chi connectivity index (χ0v) is 18.5. The third-order valence-corrected chi connectivity index (χ3v) is 7.04. The molecule has 1 fully saturated rings. The second-order valence-corrected chi connectivity index (χ2v) is 9.87. The Labute approximate surface area is 192 Å². The van der Waals surface area contributed by atoms with Crippen LogP contribution < -0.4 is 9.46 Å². The molecular formula is C22H21F5N2O4S. The Morgan fingerprint density at radius 2 is 1.88 bits per heavy atom. The SMILES string of the molecule is O=C1CCOc2c(F)cccc2-c2cccc(c2)CC2C(NS(=O)(=O)C(F)F)C(F)(F)CCN12. The molecule has 6 nitrogen and oxygen atoms in total. The van der Waals surface area contributed by atoms with E-state index in [4.69, 9.17) is 4.74 Å². The van der Waals surface area contributed by atoms with Gasteiger partial charge in [-0.25, -0.2) is 21.6 Å². The van der Waals surface area contributed by atoms with Gasteiger partial charge in [0.25, 0.3) is 15.9 Å².